The smallest absolute Gasteiger partial charge is 0.410 e. The Balaban J connectivity index is 2.21. The van der Waals surface area contributed by atoms with E-state index in [-0.39, 0.29) is 12.4 Å². The van der Waals surface area contributed by atoms with Gasteiger partial charge < -0.3 is 14.4 Å². The fraction of sp³-hybridized carbons (Fsp3) is 0.529. The average molecular weight is 307 g/mol. The van der Waals surface area contributed by atoms with Gasteiger partial charge in [0.2, 0.25) is 0 Å². The van der Waals surface area contributed by atoms with Gasteiger partial charge in [0.1, 0.15) is 17.7 Å². The minimum Gasteiger partial charge on any atom is -0.444 e. The number of hydrogen-bond donors (Lipinski definition) is 0. The molecular formula is C17H22FNO3. The second kappa shape index (κ2) is 5.71. The number of amides is 1. The van der Waals surface area contributed by atoms with Crippen LogP contribution in [0.4, 0.5) is 9.18 Å². The van der Waals surface area contributed by atoms with Crippen molar-refractivity contribution < 1.29 is 18.7 Å². The zero-order chi connectivity index (χ0) is 16.5. The van der Waals surface area contributed by atoms with E-state index in [1.807, 2.05) is 0 Å². The number of likely N-dealkylation sites (tertiary alicyclic amines) is 1. The van der Waals surface area contributed by atoms with Gasteiger partial charge in [0, 0.05) is 13.1 Å². The maximum atomic E-state index is 13.4. The summed E-state index contributed by atoms with van der Waals surface area (Å²) in [6.07, 6.45) is 0.959. The molecule has 1 aliphatic heterocycles. The Morgan fingerprint density at radius 3 is 2.64 bits per heavy atom. The zero-order valence-corrected chi connectivity index (χ0v) is 13.5. The largest absolute Gasteiger partial charge is 0.444 e. The molecule has 4 nitrogen and oxygen atoms in total. The number of nitrogens with zero attached hydrogens (tertiary/aromatic N) is 1. The number of carbonyl (C=O) groups excluding carboxylic acids is 2. The van der Waals surface area contributed by atoms with E-state index < -0.39 is 17.1 Å². The Kier molecular flexibility index (Phi) is 4.27. The molecule has 1 aromatic carbocycles. The molecule has 5 heteroatoms. The van der Waals surface area contributed by atoms with Gasteiger partial charge in [-0.25, -0.2) is 9.18 Å². The monoisotopic (exact) mass is 307 g/mol. The van der Waals surface area contributed by atoms with E-state index >= 15 is 0 Å². The molecule has 1 amide bonds. The average Bonchev–Trinajstić information content (AvgIpc) is 2.86. The van der Waals surface area contributed by atoms with Crippen LogP contribution < -0.4 is 0 Å². The molecule has 1 saturated heterocycles. The number of halogens is 1. The van der Waals surface area contributed by atoms with Crippen LogP contribution in [0.15, 0.2) is 18.2 Å². The van der Waals surface area contributed by atoms with Crippen LogP contribution in [0.25, 0.3) is 0 Å². The van der Waals surface area contributed by atoms with Crippen LogP contribution in [-0.4, -0.2) is 36.0 Å². The molecule has 0 N–H and O–H groups in total. The van der Waals surface area contributed by atoms with Crippen molar-refractivity contribution in [1.29, 1.82) is 0 Å². The van der Waals surface area contributed by atoms with E-state index in [0.29, 0.717) is 18.5 Å². The highest BCUT2D eigenvalue weighted by Crippen LogP contribution is 2.34. The van der Waals surface area contributed by atoms with Gasteiger partial charge in [-0.05, 0) is 51.3 Å². The molecule has 22 heavy (non-hydrogen) atoms. The predicted molar refractivity (Wildman–Crippen MR) is 81.3 cm³/mol. The molecule has 1 heterocycles. The topological polar surface area (TPSA) is 46.6 Å². The molecule has 0 bridgehead atoms. The van der Waals surface area contributed by atoms with E-state index in [0.717, 1.165) is 11.8 Å². The van der Waals surface area contributed by atoms with Gasteiger partial charge >= 0.3 is 6.09 Å². The quantitative estimate of drug-likeness (QED) is 0.788. The van der Waals surface area contributed by atoms with Crippen molar-refractivity contribution in [3.05, 3.63) is 35.1 Å². The molecule has 1 fully saturated rings. The summed E-state index contributed by atoms with van der Waals surface area (Å²) in [5, 5.41) is 0. The van der Waals surface area contributed by atoms with E-state index in [2.05, 4.69) is 0 Å². The highest BCUT2D eigenvalue weighted by molar-refractivity contribution is 5.75. The summed E-state index contributed by atoms with van der Waals surface area (Å²) in [5.74, 6) is -0.299. The second-order valence-corrected chi connectivity index (χ2v) is 6.89. The van der Waals surface area contributed by atoms with E-state index in [9.17, 15) is 14.0 Å². The number of aryl methyl sites for hydroxylation is 1. The van der Waals surface area contributed by atoms with Crippen LogP contribution in [-0.2, 0) is 14.9 Å². The van der Waals surface area contributed by atoms with Crippen LogP contribution in [0, 0.1) is 12.7 Å². The van der Waals surface area contributed by atoms with Gasteiger partial charge in [0.25, 0.3) is 0 Å². The Hall–Kier alpha value is -1.91. The molecule has 2 rings (SSSR count). The molecule has 0 saturated carbocycles. The maximum absolute atomic E-state index is 13.4. The van der Waals surface area contributed by atoms with Gasteiger partial charge in [-0.3, -0.25) is 0 Å². The molecule has 0 radical (unpaired) electrons. The standard InChI is InChI=1S/C17H22FNO3/c1-12-9-13(5-6-14(12)18)17(11-20)7-8-19(10-17)15(21)22-16(2,3)4/h5-6,9,11H,7-8,10H2,1-4H3. The van der Waals surface area contributed by atoms with Crippen LogP contribution in [0.2, 0.25) is 0 Å². The van der Waals surface area contributed by atoms with Crippen LogP contribution in [0.3, 0.4) is 0 Å². The predicted octanol–water partition coefficient (Wildman–Crippen LogP) is 3.21. The first-order chi connectivity index (χ1) is 10.2. The number of hydrogen-bond acceptors (Lipinski definition) is 3. The van der Waals surface area contributed by atoms with Crippen molar-refractivity contribution in [2.75, 3.05) is 13.1 Å². The van der Waals surface area contributed by atoms with E-state index in [1.54, 1.807) is 44.7 Å². The first-order valence-corrected chi connectivity index (χ1v) is 7.38. The molecule has 0 aromatic heterocycles. The van der Waals surface area contributed by atoms with Gasteiger partial charge in [-0.1, -0.05) is 12.1 Å². The van der Waals surface area contributed by atoms with Gasteiger partial charge in [0.05, 0.1) is 5.41 Å². The molecule has 1 aliphatic rings. The molecule has 120 valence electrons. The van der Waals surface area contributed by atoms with Gasteiger partial charge in [-0.2, -0.15) is 0 Å². The highest BCUT2D eigenvalue weighted by Gasteiger charge is 2.42. The number of aldehydes is 1. The molecular weight excluding hydrogens is 285 g/mol. The normalized spacial score (nSPS) is 21.8. The third kappa shape index (κ3) is 3.29. The minimum absolute atomic E-state index is 0.260. The van der Waals surface area contributed by atoms with Crippen molar-refractivity contribution in [3.63, 3.8) is 0 Å². The summed E-state index contributed by atoms with van der Waals surface area (Å²) in [7, 11) is 0. The van der Waals surface area contributed by atoms with Crippen molar-refractivity contribution in [3.8, 4) is 0 Å². The van der Waals surface area contributed by atoms with Crippen LogP contribution >= 0.6 is 0 Å². The first kappa shape index (κ1) is 16.5. The van der Waals surface area contributed by atoms with Crippen molar-refractivity contribution in [2.24, 2.45) is 0 Å². The summed E-state index contributed by atoms with van der Waals surface area (Å²) in [5.41, 5.74) is -0.118. The van der Waals surface area contributed by atoms with Gasteiger partial charge in [-0.15, -0.1) is 0 Å². The molecule has 0 spiro atoms. The summed E-state index contributed by atoms with van der Waals surface area (Å²) in [6.45, 7) is 7.78. The summed E-state index contributed by atoms with van der Waals surface area (Å²) < 4.78 is 18.8. The fourth-order valence-corrected chi connectivity index (χ4v) is 2.67. The number of carbonyl (C=O) groups is 2. The molecule has 1 aromatic rings. The molecule has 1 atom stereocenters. The first-order valence-electron chi connectivity index (χ1n) is 7.38. The summed E-state index contributed by atoms with van der Waals surface area (Å²) in [6, 6.07) is 4.67. The molecule has 0 aliphatic carbocycles. The third-order valence-electron chi connectivity index (χ3n) is 3.91. The van der Waals surface area contributed by atoms with Crippen molar-refractivity contribution in [1.82, 2.24) is 4.90 Å². The fourth-order valence-electron chi connectivity index (χ4n) is 2.67. The van der Waals surface area contributed by atoms with Crippen molar-refractivity contribution >= 4 is 12.4 Å². The highest BCUT2D eigenvalue weighted by atomic mass is 19.1. The number of ether oxygens (including phenoxy) is 1. The Bertz CT molecular complexity index is 594. The van der Waals surface area contributed by atoms with Crippen molar-refractivity contribution in [2.45, 2.75) is 45.1 Å². The number of benzene rings is 1. The lowest BCUT2D eigenvalue weighted by Gasteiger charge is -2.26. The Labute approximate surface area is 130 Å². The molecule has 1 unspecified atom stereocenters. The van der Waals surface area contributed by atoms with Crippen LogP contribution in [0.1, 0.15) is 38.3 Å². The summed E-state index contributed by atoms with van der Waals surface area (Å²) >= 11 is 0. The zero-order valence-electron chi connectivity index (χ0n) is 13.5. The lowest BCUT2D eigenvalue weighted by Crippen LogP contribution is -2.38. The minimum atomic E-state index is -0.782. The third-order valence-corrected chi connectivity index (χ3v) is 3.91. The second-order valence-electron chi connectivity index (χ2n) is 6.89. The lowest BCUT2D eigenvalue weighted by molar-refractivity contribution is -0.112. The SMILES string of the molecule is Cc1cc(C2(C=O)CCN(C(=O)OC(C)(C)C)C2)ccc1F. The van der Waals surface area contributed by atoms with Gasteiger partial charge in [0.15, 0.2) is 0 Å². The maximum Gasteiger partial charge on any atom is 0.410 e. The van der Waals surface area contributed by atoms with Crippen LogP contribution in [0.5, 0.6) is 0 Å². The summed E-state index contributed by atoms with van der Waals surface area (Å²) in [4.78, 5) is 25.4. The lowest BCUT2D eigenvalue weighted by atomic mass is 9.80. The van der Waals surface area contributed by atoms with E-state index in [4.69, 9.17) is 4.74 Å². The van der Waals surface area contributed by atoms with E-state index in [1.165, 1.54) is 6.07 Å². The Morgan fingerprint density at radius 1 is 1.41 bits per heavy atom. The number of rotatable bonds is 2. The Morgan fingerprint density at radius 2 is 2.09 bits per heavy atom.